The molecule has 0 fully saturated rings. The normalized spacial score (nSPS) is 14.3. The Balaban J connectivity index is 4.41. The second-order valence-corrected chi connectivity index (χ2v) is 12.3. The van der Waals surface area contributed by atoms with Crippen LogP contribution in [0.1, 0.15) is 47.0 Å². The molecule has 0 aromatic rings. The molecule has 0 aliphatic carbocycles. The molecule has 0 N–H and O–H groups in total. The third kappa shape index (κ3) is 7.70. The summed E-state index contributed by atoms with van der Waals surface area (Å²) in [7, 11) is -1.12. The smallest absolute Gasteiger partial charge is 0.0520 e. The van der Waals surface area contributed by atoms with Gasteiger partial charge < -0.3 is 0 Å². The van der Waals surface area contributed by atoms with Gasteiger partial charge in [-0.3, -0.25) is 0 Å². The maximum Gasteiger partial charge on any atom is 0.0520 e. The highest BCUT2D eigenvalue weighted by Gasteiger charge is 2.25. The molecule has 0 amide bonds. The van der Waals surface area contributed by atoms with Gasteiger partial charge in [0.15, 0.2) is 0 Å². The fourth-order valence-corrected chi connectivity index (χ4v) is 4.61. The van der Waals surface area contributed by atoms with Gasteiger partial charge in [0, 0.05) is 0 Å². The molecule has 0 aliphatic rings. The van der Waals surface area contributed by atoms with Crippen LogP contribution in [-0.4, -0.2) is 8.07 Å². The molecule has 0 saturated carbocycles. The first-order valence-corrected chi connectivity index (χ1v) is 10.7. The molecular formula is C17H32Si. The van der Waals surface area contributed by atoms with Gasteiger partial charge in [0.2, 0.25) is 0 Å². The van der Waals surface area contributed by atoms with Crippen molar-refractivity contribution in [2.45, 2.75) is 72.1 Å². The average molecular weight is 265 g/mol. The van der Waals surface area contributed by atoms with Crippen molar-refractivity contribution in [2.24, 2.45) is 0 Å². The lowest BCUT2D eigenvalue weighted by molar-refractivity contribution is 0.895. The van der Waals surface area contributed by atoms with Gasteiger partial charge in [-0.2, -0.15) is 0 Å². The van der Waals surface area contributed by atoms with Crippen LogP contribution in [0.5, 0.6) is 0 Å². The van der Waals surface area contributed by atoms with E-state index in [0.29, 0.717) is 0 Å². The van der Waals surface area contributed by atoms with E-state index >= 15 is 0 Å². The largest absolute Gasteiger partial charge is 0.100 e. The van der Waals surface area contributed by atoms with E-state index in [1.54, 1.807) is 0 Å². The van der Waals surface area contributed by atoms with Gasteiger partial charge >= 0.3 is 0 Å². The zero-order chi connectivity index (χ0) is 14.3. The van der Waals surface area contributed by atoms with Crippen LogP contribution >= 0.6 is 0 Å². The lowest BCUT2D eigenvalue weighted by Crippen LogP contribution is -2.28. The monoisotopic (exact) mass is 264 g/mol. The van der Waals surface area contributed by atoms with Crippen molar-refractivity contribution in [3.63, 3.8) is 0 Å². The fraction of sp³-hybridized carbons (Fsp3) is 0.647. The van der Waals surface area contributed by atoms with E-state index in [1.807, 2.05) is 0 Å². The Morgan fingerprint density at radius 1 is 1.06 bits per heavy atom. The Hall–Kier alpha value is -0.563. The minimum absolute atomic E-state index is 0.718. The van der Waals surface area contributed by atoms with Crippen molar-refractivity contribution in [3.8, 4) is 0 Å². The van der Waals surface area contributed by atoms with E-state index in [9.17, 15) is 0 Å². The number of hydrogen-bond acceptors (Lipinski definition) is 0. The molecule has 0 nitrogen and oxygen atoms in total. The van der Waals surface area contributed by atoms with Crippen LogP contribution in [0, 0.1) is 0 Å². The van der Waals surface area contributed by atoms with E-state index < -0.39 is 8.07 Å². The highest BCUT2D eigenvalue weighted by molar-refractivity contribution is 6.78. The van der Waals surface area contributed by atoms with Gasteiger partial charge in [-0.1, -0.05) is 48.5 Å². The third-order valence-corrected chi connectivity index (χ3v) is 6.25. The molecule has 0 aromatic heterocycles. The van der Waals surface area contributed by atoms with E-state index in [0.717, 1.165) is 5.54 Å². The molecule has 18 heavy (non-hydrogen) atoms. The summed E-state index contributed by atoms with van der Waals surface area (Å²) in [6.45, 7) is 20.3. The lowest BCUT2D eigenvalue weighted by atomic mass is 10.1. The van der Waals surface area contributed by atoms with Crippen LogP contribution in [0.2, 0.25) is 25.2 Å². The first kappa shape index (κ1) is 17.4. The van der Waals surface area contributed by atoms with Crippen LogP contribution in [0.4, 0.5) is 0 Å². The van der Waals surface area contributed by atoms with E-state index in [2.05, 4.69) is 66.1 Å². The van der Waals surface area contributed by atoms with Gasteiger partial charge in [-0.05, 0) is 52.5 Å². The van der Waals surface area contributed by atoms with Crippen molar-refractivity contribution in [3.05, 3.63) is 35.5 Å². The molecule has 0 aliphatic heterocycles. The minimum atomic E-state index is -1.12. The Morgan fingerprint density at radius 2 is 1.61 bits per heavy atom. The SMILES string of the molecule is C=C(C)C(C/C=C(\C)CCC=C(C)C)[Si](C)(C)C. The van der Waals surface area contributed by atoms with Gasteiger partial charge in [0.1, 0.15) is 0 Å². The van der Waals surface area contributed by atoms with Crippen LogP contribution < -0.4 is 0 Å². The first-order chi connectivity index (χ1) is 8.14. The quantitative estimate of drug-likeness (QED) is 0.371. The first-order valence-electron chi connectivity index (χ1n) is 7.09. The molecular weight excluding hydrogens is 232 g/mol. The Bertz CT molecular complexity index is 322. The topological polar surface area (TPSA) is 0 Å². The van der Waals surface area contributed by atoms with E-state index in [1.165, 1.54) is 36.0 Å². The van der Waals surface area contributed by atoms with Crippen LogP contribution in [0.3, 0.4) is 0 Å². The standard InChI is InChI=1S/C17H32Si/c1-14(2)10-9-11-16(5)12-13-17(15(3)4)18(6,7)8/h10,12,17H,3,9,11,13H2,1-2,4-8H3/b16-12+. The second-order valence-electron chi connectivity index (χ2n) is 6.87. The van der Waals surface area contributed by atoms with Gasteiger partial charge in [-0.25, -0.2) is 0 Å². The van der Waals surface area contributed by atoms with Crippen LogP contribution in [-0.2, 0) is 0 Å². The zero-order valence-electron chi connectivity index (χ0n) is 13.6. The van der Waals surface area contributed by atoms with Gasteiger partial charge in [-0.15, -0.1) is 6.58 Å². The Morgan fingerprint density at radius 3 is 2.00 bits per heavy atom. The van der Waals surface area contributed by atoms with E-state index in [-0.39, 0.29) is 0 Å². The molecule has 0 saturated heterocycles. The van der Waals surface area contributed by atoms with Crippen molar-refractivity contribution in [1.82, 2.24) is 0 Å². The maximum absolute atomic E-state index is 4.18. The predicted molar refractivity (Wildman–Crippen MR) is 88.9 cm³/mol. The molecule has 1 atom stereocenters. The lowest BCUT2D eigenvalue weighted by Gasteiger charge is -2.28. The maximum atomic E-state index is 4.18. The summed E-state index contributed by atoms with van der Waals surface area (Å²) in [6.07, 6.45) is 8.32. The molecule has 0 spiro atoms. The fourth-order valence-electron chi connectivity index (χ4n) is 2.30. The molecule has 0 rings (SSSR count). The van der Waals surface area contributed by atoms with E-state index in [4.69, 9.17) is 0 Å². The molecule has 0 radical (unpaired) electrons. The predicted octanol–water partition coefficient (Wildman–Crippen LogP) is 6.35. The van der Waals surface area contributed by atoms with Crippen LogP contribution in [0.25, 0.3) is 0 Å². The molecule has 104 valence electrons. The number of rotatable bonds is 7. The van der Waals surface area contributed by atoms with Crippen molar-refractivity contribution >= 4 is 8.07 Å². The summed E-state index contributed by atoms with van der Waals surface area (Å²) in [5.74, 6) is 0. The van der Waals surface area contributed by atoms with Gasteiger partial charge in [0.25, 0.3) is 0 Å². The third-order valence-electron chi connectivity index (χ3n) is 3.43. The van der Waals surface area contributed by atoms with Crippen LogP contribution in [0.15, 0.2) is 35.5 Å². The Kier molecular flexibility index (Phi) is 7.54. The Labute approximate surface area is 116 Å². The minimum Gasteiger partial charge on any atom is -0.100 e. The number of allylic oxidation sites excluding steroid dienone is 5. The summed E-state index contributed by atoms with van der Waals surface area (Å²) in [4.78, 5) is 0. The summed E-state index contributed by atoms with van der Waals surface area (Å²) < 4.78 is 0. The van der Waals surface area contributed by atoms with Crippen molar-refractivity contribution in [2.75, 3.05) is 0 Å². The summed E-state index contributed by atoms with van der Waals surface area (Å²) >= 11 is 0. The summed E-state index contributed by atoms with van der Waals surface area (Å²) in [6, 6.07) is 0. The number of hydrogen-bond donors (Lipinski definition) is 0. The van der Waals surface area contributed by atoms with Gasteiger partial charge in [0.05, 0.1) is 8.07 Å². The molecule has 0 bridgehead atoms. The summed E-state index contributed by atoms with van der Waals surface area (Å²) in [5, 5.41) is 0. The van der Waals surface area contributed by atoms with Crippen molar-refractivity contribution in [1.29, 1.82) is 0 Å². The molecule has 1 heteroatoms. The zero-order valence-corrected chi connectivity index (χ0v) is 14.6. The summed E-state index contributed by atoms with van der Waals surface area (Å²) in [5.41, 5.74) is 5.03. The average Bonchev–Trinajstić information content (AvgIpc) is 2.14. The highest BCUT2D eigenvalue weighted by Crippen LogP contribution is 2.32. The second kappa shape index (κ2) is 7.78. The molecule has 1 unspecified atom stereocenters. The molecule has 0 aromatic carbocycles. The highest BCUT2D eigenvalue weighted by atomic mass is 28.3. The molecule has 0 heterocycles. The van der Waals surface area contributed by atoms with Crippen molar-refractivity contribution < 1.29 is 0 Å².